The van der Waals surface area contributed by atoms with Gasteiger partial charge in [0.15, 0.2) is 0 Å². The lowest BCUT2D eigenvalue weighted by Crippen LogP contribution is -2.42. The number of fused-ring (bicyclic) bond motifs is 1. The minimum absolute atomic E-state index is 0.0291. The van der Waals surface area contributed by atoms with Gasteiger partial charge in [0.2, 0.25) is 0 Å². The van der Waals surface area contributed by atoms with Crippen LogP contribution in [-0.2, 0) is 6.54 Å². The third kappa shape index (κ3) is 4.11. The van der Waals surface area contributed by atoms with Crippen LogP contribution in [0.15, 0.2) is 78.9 Å². The summed E-state index contributed by atoms with van der Waals surface area (Å²) in [5.74, 6) is 0.853. The fourth-order valence-electron chi connectivity index (χ4n) is 3.57. The number of carbonyl (C=O) groups is 1. The van der Waals surface area contributed by atoms with E-state index in [1.807, 2.05) is 83.8 Å². The fraction of sp³-hybridized carbons (Fsp3) is 0.240. The van der Waals surface area contributed by atoms with Gasteiger partial charge in [-0.25, -0.2) is 0 Å². The second-order valence-corrected chi connectivity index (χ2v) is 7.42. The summed E-state index contributed by atoms with van der Waals surface area (Å²) in [7, 11) is 0. The molecule has 0 aromatic heterocycles. The summed E-state index contributed by atoms with van der Waals surface area (Å²) in [6, 6.07) is 25.8. The molecule has 2 atom stereocenters. The van der Waals surface area contributed by atoms with Crippen LogP contribution in [0.25, 0.3) is 0 Å². The number of hydrogen-bond acceptors (Lipinski definition) is 3. The summed E-state index contributed by atoms with van der Waals surface area (Å²) in [4.78, 5) is 15.3. The number of hydrogen-bond donors (Lipinski definition) is 1. The van der Waals surface area contributed by atoms with Gasteiger partial charge in [0, 0.05) is 12.2 Å². The zero-order valence-electron chi connectivity index (χ0n) is 16.8. The molecule has 0 spiro atoms. The number of nitrogens with one attached hydrogen (secondary N) is 1. The molecule has 3 aromatic carbocycles. The molecule has 4 rings (SSSR count). The fourth-order valence-corrected chi connectivity index (χ4v) is 3.57. The molecule has 0 aliphatic carbocycles. The molecule has 1 aliphatic rings. The normalized spacial score (nSPS) is 16.7. The summed E-state index contributed by atoms with van der Waals surface area (Å²) in [6.45, 7) is 4.70. The Hall–Kier alpha value is -3.27. The summed E-state index contributed by atoms with van der Waals surface area (Å²) in [5, 5.41) is 3.56. The predicted octanol–water partition coefficient (Wildman–Crippen LogP) is 5.63. The van der Waals surface area contributed by atoms with Crippen molar-refractivity contribution in [1.29, 1.82) is 0 Å². The van der Waals surface area contributed by atoms with E-state index in [4.69, 9.17) is 4.74 Å². The molecule has 4 heteroatoms. The molecular weight excluding hydrogens is 360 g/mol. The molecule has 148 valence electrons. The average Bonchev–Trinajstić information content (AvgIpc) is 2.76. The number of carbonyl (C=O) groups excluding carboxylic acids is 1. The largest absolute Gasteiger partial charge is 0.491 e. The van der Waals surface area contributed by atoms with Crippen LogP contribution in [0.5, 0.6) is 5.75 Å². The minimum Gasteiger partial charge on any atom is -0.491 e. The van der Waals surface area contributed by atoms with Crippen LogP contribution in [0.1, 0.15) is 47.9 Å². The number of amides is 1. The Morgan fingerprint density at radius 3 is 2.55 bits per heavy atom. The molecular formula is C25H26N2O2. The molecule has 0 radical (unpaired) electrons. The van der Waals surface area contributed by atoms with Gasteiger partial charge >= 0.3 is 0 Å². The highest BCUT2D eigenvalue weighted by atomic mass is 16.5. The second kappa shape index (κ2) is 8.39. The highest BCUT2D eigenvalue weighted by molar-refractivity contribution is 6.01. The first-order chi connectivity index (χ1) is 14.2. The van der Waals surface area contributed by atoms with Gasteiger partial charge in [0.25, 0.3) is 5.91 Å². The summed E-state index contributed by atoms with van der Waals surface area (Å²) >= 11 is 0. The van der Waals surface area contributed by atoms with Crippen LogP contribution >= 0.6 is 0 Å². The van der Waals surface area contributed by atoms with Gasteiger partial charge in [-0.1, -0.05) is 61.5 Å². The lowest BCUT2D eigenvalue weighted by Gasteiger charge is -2.38. The van der Waals surface area contributed by atoms with Crippen molar-refractivity contribution >= 4 is 11.6 Å². The lowest BCUT2D eigenvalue weighted by atomic mass is 10.0. The zero-order valence-corrected chi connectivity index (χ0v) is 16.8. The van der Waals surface area contributed by atoms with Gasteiger partial charge in [-0.15, -0.1) is 0 Å². The quantitative estimate of drug-likeness (QED) is 0.597. The Morgan fingerprint density at radius 1 is 1.00 bits per heavy atom. The molecule has 4 nitrogen and oxygen atoms in total. The van der Waals surface area contributed by atoms with Crippen LogP contribution < -0.4 is 10.1 Å². The number of anilines is 1. The average molecular weight is 386 g/mol. The second-order valence-electron chi connectivity index (χ2n) is 7.42. The summed E-state index contributed by atoms with van der Waals surface area (Å²) < 4.78 is 6.01. The van der Waals surface area contributed by atoms with Gasteiger partial charge in [0.1, 0.15) is 11.9 Å². The first-order valence-electron chi connectivity index (χ1n) is 10.1. The van der Waals surface area contributed by atoms with E-state index in [1.165, 1.54) is 0 Å². The predicted molar refractivity (Wildman–Crippen MR) is 116 cm³/mol. The summed E-state index contributed by atoms with van der Waals surface area (Å²) in [6.07, 6.45) is 0.822. The van der Waals surface area contributed by atoms with E-state index in [9.17, 15) is 4.79 Å². The number of nitrogens with zero attached hydrogens (tertiary/aromatic N) is 1. The SMILES string of the molecule is CCC(C)Oc1cccc(C2Nc3ccccc3C(=O)N2Cc2ccccc2)c1. The maximum atomic E-state index is 13.4. The van der Waals surface area contributed by atoms with E-state index >= 15 is 0 Å². The molecule has 1 heterocycles. The monoisotopic (exact) mass is 386 g/mol. The van der Waals surface area contributed by atoms with E-state index in [1.54, 1.807) is 0 Å². The Balaban J connectivity index is 1.71. The van der Waals surface area contributed by atoms with Crippen molar-refractivity contribution < 1.29 is 9.53 Å². The van der Waals surface area contributed by atoms with E-state index in [0.29, 0.717) is 12.1 Å². The van der Waals surface area contributed by atoms with Gasteiger partial charge in [-0.2, -0.15) is 0 Å². The molecule has 0 saturated carbocycles. The summed E-state index contributed by atoms with van der Waals surface area (Å²) in [5.41, 5.74) is 3.66. The third-order valence-corrected chi connectivity index (χ3v) is 5.30. The van der Waals surface area contributed by atoms with Crippen LogP contribution in [0.2, 0.25) is 0 Å². The van der Waals surface area contributed by atoms with E-state index in [-0.39, 0.29) is 18.2 Å². The molecule has 1 amide bonds. The first kappa shape index (κ1) is 19.1. The van der Waals surface area contributed by atoms with E-state index in [2.05, 4.69) is 19.2 Å². The maximum absolute atomic E-state index is 13.4. The van der Waals surface area contributed by atoms with Crippen molar-refractivity contribution in [2.24, 2.45) is 0 Å². The maximum Gasteiger partial charge on any atom is 0.258 e. The van der Waals surface area contributed by atoms with Crippen LogP contribution in [0.3, 0.4) is 0 Å². The van der Waals surface area contributed by atoms with E-state index < -0.39 is 0 Å². The molecule has 1 aliphatic heterocycles. The van der Waals surface area contributed by atoms with Crippen molar-refractivity contribution in [2.75, 3.05) is 5.32 Å². The topological polar surface area (TPSA) is 41.6 Å². The zero-order chi connectivity index (χ0) is 20.2. The van der Waals surface area contributed by atoms with Crippen LogP contribution in [0.4, 0.5) is 5.69 Å². The molecule has 29 heavy (non-hydrogen) atoms. The number of para-hydroxylation sites is 1. The highest BCUT2D eigenvalue weighted by Crippen LogP contribution is 2.35. The van der Waals surface area contributed by atoms with Gasteiger partial charge in [-0.3, -0.25) is 4.79 Å². The minimum atomic E-state index is -0.266. The third-order valence-electron chi connectivity index (χ3n) is 5.30. The first-order valence-corrected chi connectivity index (χ1v) is 10.1. The van der Waals surface area contributed by atoms with Gasteiger partial charge in [0.05, 0.1) is 11.7 Å². The Bertz CT molecular complexity index is 987. The number of rotatable bonds is 6. The molecule has 0 bridgehead atoms. The molecule has 0 saturated heterocycles. The van der Waals surface area contributed by atoms with Gasteiger partial charge < -0.3 is 15.0 Å². The molecule has 2 unspecified atom stereocenters. The van der Waals surface area contributed by atoms with Crippen molar-refractivity contribution in [2.45, 2.75) is 39.1 Å². The van der Waals surface area contributed by atoms with Crippen molar-refractivity contribution in [3.8, 4) is 5.75 Å². The molecule has 1 N–H and O–H groups in total. The molecule has 0 fully saturated rings. The Morgan fingerprint density at radius 2 is 1.76 bits per heavy atom. The van der Waals surface area contributed by atoms with Crippen molar-refractivity contribution in [1.82, 2.24) is 4.90 Å². The van der Waals surface area contributed by atoms with Crippen molar-refractivity contribution in [3.05, 3.63) is 95.6 Å². The number of benzene rings is 3. The number of ether oxygens (including phenoxy) is 1. The standard InChI is InChI=1S/C25H26N2O2/c1-3-18(2)29-21-13-9-12-20(16-21)24-26-23-15-8-7-14-22(23)25(28)27(24)17-19-10-5-4-6-11-19/h4-16,18,24,26H,3,17H2,1-2H3. The Kier molecular flexibility index (Phi) is 5.52. The lowest BCUT2D eigenvalue weighted by molar-refractivity contribution is 0.0666. The highest BCUT2D eigenvalue weighted by Gasteiger charge is 2.33. The van der Waals surface area contributed by atoms with E-state index in [0.717, 1.165) is 29.0 Å². The Labute approximate surface area is 172 Å². The van der Waals surface area contributed by atoms with Crippen LogP contribution in [0, 0.1) is 0 Å². The van der Waals surface area contributed by atoms with Crippen LogP contribution in [-0.4, -0.2) is 16.9 Å². The van der Waals surface area contributed by atoms with Gasteiger partial charge in [-0.05, 0) is 48.7 Å². The molecule has 3 aromatic rings. The van der Waals surface area contributed by atoms with Crippen molar-refractivity contribution in [3.63, 3.8) is 0 Å². The smallest absolute Gasteiger partial charge is 0.258 e.